The highest BCUT2D eigenvalue weighted by Gasteiger charge is 2.81. The number of ether oxygens (including phenoxy) is 7. The molecule has 0 radical (unpaired) electrons. The van der Waals surface area contributed by atoms with Crippen LogP contribution in [0.2, 0.25) is 0 Å². The van der Waals surface area contributed by atoms with Crippen molar-refractivity contribution in [2.45, 2.75) is 276 Å². The van der Waals surface area contributed by atoms with Crippen LogP contribution >= 0.6 is 0 Å². The van der Waals surface area contributed by atoms with E-state index in [1.54, 1.807) is 54.9 Å². The number of esters is 2. The van der Waals surface area contributed by atoms with Gasteiger partial charge in [-0.1, -0.05) is 97.9 Å². The monoisotopic (exact) mass is 1320 g/mol. The fourth-order valence-corrected chi connectivity index (χ4v) is 16.8. The molecule has 530 valence electrons. The predicted octanol–water partition coefficient (Wildman–Crippen LogP) is 7.70. The largest absolute Gasteiger partial charge is 0.460 e. The molecule has 6 fully saturated rings. The van der Waals surface area contributed by atoms with Crippen molar-refractivity contribution in [2.24, 2.45) is 52.3 Å². The number of fused-ring (bicyclic) bond motifs is 6. The number of rotatable bonds is 8. The SMILES string of the molecule is C=C[C@@]1(C)CC(=O)[C@]2(O)[C@@]3(C)[C@@H](O)CCC(C)(C)[C@@H]3[C@H](O)[C@H](OC(C)=O)[C@@]2(C)O1.CO[C@H]1C[C@@H]2CC[C@@H](C)[C@@](O)(O2)C(=O)C(=O)N2CCCC[C@H]2C(=O)O[C@H]([C@H](C)C[C@@H]2CC[C@@H](O)[C@H](OC)C2)CC(=O)[C@H](C)/C=C(\C)[C@@H](O)[C@@H](OC)C(=O)[C@H](C)C[C@H](C)/C=C/C=C/C=C/1C. The number of Topliss-reactive ketones (excluding diaryl/α,β-unsaturated/α-hetero) is 4. The summed E-state index contributed by atoms with van der Waals surface area (Å²) in [4.78, 5) is 97.3. The predicted molar refractivity (Wildman–Crippen MR) is 350 cm³/mol. The molecular weight excluding hydrogens is 1210 g/mol. The van der Waals surface area contributed by atoms with Crippen molar-refractivity contribution >= 4 is 41.0 Å². The molecule has 0 spiro atoms. The van der Waals surface area contributed by atoms with Crippen LogP contribution in [0.4, 0.5) is 0 Å². The summed E-state index contributed by atoms with van der Waals surface area (Å²) in [6, 6.07) is -1.14. The third-order valence-corrected chi connectivity index (χ3v) is 22.5. The number of nitrogens with zero attached hydrogens (tertiary/aromatic N) is 1. The van der Waals surface area contributed by atoms with Gasteiger partial charge in [0.25, 0.3) is 11.7 Å². The van der Waals surface area contributed by atoms with Gasteiger partial charge in [-0.2, -0.15) is 0 Å². The summed E-state index contributed by atoms with van der Waals surface area (Å²) in [5.41, 5.74) is -5.74. The third kappa shape index (κ3) is 16.4. The Hall–Kier alpha value is -4.65. The summed E-state index contributed by atoms with van der Waals surface area (Å²) < 4.78 is 41.1. The topological polar surface area (TPSA) is 309 Å². The Kier molecular flexibility index (Phi) is 26.6. The first-order valence-electron chi connectivity index (χ1n) is 34.2. The lowest BCUT2D eigenvalue weighted by Gasteiger charge is -2.71. The van der Waals surface area contributed by atoms with Crippen LogP contribution in [0, 0.1) is 52.3 Å². The van der Waals surface area contributed by atoms with Crippen molar-refractivity contribution in [3.05, 3.63) is 60.3 Å². The Balaban J connectivity index is 0.000000399. The fourth-order valence-electron chi connectivity index (χ4n) is 16.8. The molecule has 21 heteroatoms. The molecule has 3 aliphatic carbocycles. The normalized spacial score (nSPS) is 43.9. The number of aliphatic hydroxyl groups excluding tert-OH is 4. The minimum Gasteiger partial charge on any atom is -0.460 e. The van der Waals surface area contributed by atoms with Gasteiger partial charge in [-0.25, -0.2) is 4.79 Å². The second-order valence-corrected chi connectivity index (χ2v) is 30.0. The summed E-state index contributed by atoms with van der Waals surface area (Å²) in [5, 5.41) is 68.5. The van der Waals surface area contributed by atoms with E-state index in [2.05, 4.69) is 6.58 Å². The molecule has 0 aromatic carbocycles. The average molecular weight is 1320 g/mol. The van der Waals surface area contributed by atoms with Crippen LogP contribution in [0.15, 0.2) is 60.3 Å². The van der Waals surface area contributed by atoms with Crippen molar-refractivity contribution in [2.75, 3.05) is 27.9 Å². The summed E-state index contributed by atoms with van der Waals surface area (Å²) in [5.74, 6) is -9.83. The minimum absolute atomic E-state index is 0.0193. The Morgan fingerprint density at radius 2 is 1.51 bits per heavy atom. The van der Waals surface area contributed by atoms with E-state index in [1.807, 2.05) is 71.9 Å². The van der Waals surface area contributed by atoms with Gasteiger partial charge in [0.05, 0.1) is 42.2 Å². The number of hydrogen-bond donors (Lipinski definition) is 6. The maximum Gasteiger partial charge on any atom is 0.329 e. The number of amides is 1. The van der Waals surface area contributed by atoms with Crippen LogP contribution in [0.3, 0.4) is 0 Å². The van der Waals surface area contributed by atoms with Crippen LogP contribution < -0.4 is 0 Å². The van der Waals surface area contributed by atoms with Crippen LogP contribution in [-0.4, -0.2) is 194 Å². The highest BCUT2D eigenvalue weighted by atomic mass is 16.6. The zero-order valence-electron chi connectivity index (χ0n) is 58.8. The van der Waals surface area contributed by atoms with Crippen molar-refractivity contribution in [1.82, 2.24) is 4.90 Å². The quantitative estimate of drug-likeness (QED) is 0.0770. The van der Waals surface area contributed by atoms with Crippen molar-refractivity contribution in [3.63, 3.8) is 0 Å². The Bertz CT molecular complexity index is 2850. The Morgan fingerprint density at radius 3 is 2.14 bits per heavy atom. The highest BCUT2D eigenvalue weighted by Crippen LogP contribution is 2.67. The van der Waals surface area contributed by atoms with Gasteiger partial charge in [-0.15, -0.1) is 6.58 Å². The molecule has 3 saturated carbocycles. The molecule has 94 heavy (non-hydrogen) atoms. The van der Waals surface area contributed by atoms with Crippen LogP contribution in [0.25, 0.3) is 0 Å². The van der Waals surface area contributed by atoms with Crippen molar-refractivity contribution in [3.8, 4) is 0 Å². The van der Waals surface area contributed by atoms with E-state index in [1.165, 1.54) is 31.9 Å². The van der Waals surface area contributed by atoms with Gasteiger partial charge in [-0.05, 0) is 139 Å². The summed E-state index contributed by atoms with van der Waals surface area (Å²) in [7, 11) is 4.52. The van der Waals surface area contributed by atoms with E-state index in [0.717, 1.165) is 12.0 Å². The number of ketones is 4. The van der Waals surface area contributed by atoms with Crippen molar-refractivity contribution in [1.29, 1.82) is 0 Å². The van der Waals surface area contributed by atoms with Crippen LogP contribution in [-0.2, 0) is 66.7 Å². The van der Waals surface area contributed by atoms with Gasteiger partial charge in [0, 0.05) is 83.1 Å². The van der Waals surface area contributed by atoms with Gasteiger partial charge in [-0.3, -0.25) is 28.8 Å². The molecule has 0 aromatic rings. The number of carbonyl (C=O) groups excluding carboxylic acids is 7. The molecule has 4 aliphatic heterocycles. The molecule has 3 saturated heterocycles. The molecule has 7 aliphatic rings. The molecule has 6 N–H and O–H groups in total. The first-order valence-corrected chi connectivity index (χ1v) is 34.2. The van der Waals surface area contributed by atoms with Gasteiger partial charge >= 0.3 is 11.9 Å². The smallest absolute Gasteiger partial charge is 0.329 e. The van der Waals surface area contributed by atoms with Crippen molar-refractivity contribution < 1.29 is 97.4 Å². The number of piperidine rings is 1. The highest BCUT2D eigenvalue weighted by molar-refractivity contribution is 6.39. The van der Waals surface area contributed by atoms with Gasteiger partial charge in [0.2, 0.25) is 5.79 Å². The van der Waals surface area contributed by atoms with Gasteiger partial charge in [0.1, 0.15) is 35.7 Å². The fraction of sp³-hybridized carbons (Fsp3) is 0.767. The van der Waals surface area contributed by atoms with E-state index >= 15 is 0 Å². The van der Waals surface area contributed by atoms with Crippen LogP contribution in [0.1, 0.15) is 186 Å². The number of cyclic esters (lactones) is 1. The number of methoxy groups -OCH3 is 3. The molecule has 4 heterocycles. The standard InChI is InChI=1S/C51H79NO13.C22H34O7/c1-30-16-12-11-13-17-31(2)42(61-8)28-38-21-19-36(7)51(60,65-38)48(57)49(58)52-23-15-14-18-39(52)50(59)64-43(33(4)26-37-20-22-40(53)44(27-37)62-9)29-41(54)32(3)25-35(6)46(56)47(63-10)45(55)34(5)24-30;1-8-19(5)11-14(25)22(27)20(6)13(24)9-10-18(3,4)16(20)15(26)17(28-12(2)23)21(22,7)29-19/h11-13,16-17,25,30,32-34,36-40,42-44,46-47,53,56,60H,14-15,18-24,26-29H2,1-10H3;8,13,15-17,24,26-27H,1,9-11H2,2-7H3/b13-11+,16-12+,31-17+,35-25+;/t30-,32-,33-,34-,36-,37+,38+,39+,40-,42+,43+,44-,46-,47+,51-;13-,15-,16-,17-,19-,20-,21+,22-/m10/s1. The van der Waals surface area contributed by atoms with E-state index in [0.29, 0.717) is 76.2 Å². The maximum atomic E-state index is 14.4. The zero-order valence-corrected chi connectivity index (χ0v) is 58.8. The number of aliphatic hydroxyl groups is 6. The van der Waals surface area contributed by atoms with E-state index in [9.17, 15) is 64.2 Å². The number of allylic oxidation sites excluding steroid dienone is 6. The van der Waals surface area contributed by atoms with Gasteiger partial charge < -0.3 is 68.7 Å². The summed E-state index contributed by atoms with van der Waals surface area (Å²) >= 11 is 0. The minimum atomic E-state index is -2.43. The molecule has 7 rings (SSSR count). The molecule has 21 nitrogen and oxygen atoms in total. The lowest BCUT2D eigenvalue weighted by atomic mass is 9.40. The van der Waals surface area contributed by atoms with E-state index < -0.39 is 147 Å². The first-order chi connectivity index (χ1) is 43.9. The molecule has 23 atom stereocenters. The second kappa shape index (κ2) is 31.9. The van der Waals surface area contributed by atoms with Crippen LogP contribution in [0.5, 0.6) is 0 Å². The summed E-state index contributed by atoms with van der Waals surface area (Å²) in [6.07, 6.45) is 9.89. The lowest BCUT2D eigenvalue weighted by Crippen LogP contribution is -2.86. The Labute approximate surface area is 557 Å². The third-order valence-electron chi connectivity index (χ3n) is 22.5. The first kappa shape index (κ1) is 78.3. The number of carbonyl (C=O) groups is 7. The Morgan fingerprint density at radius 1 is 0.830 bits per heavy atom. The zero-order chi connectivity index (χ0) is 70.4. The molecular formula is C73H113NO20. The molecule has 2 bridgehead atoms. The maximum absolute atomic E-state index is 14.4. The summed E-state index contributed by atoms with van der Waals surface area (Å²) in [6.45, 7) is 26.4. The van der Waals surface area contributed by atoms with Gasteiger partial charge in [0.15, 0.2) is 23.3 Å². The molecule has 1 amide bonds. The lowest BCUT2D eigenvalue weighted by molar-refractivity contribution is -0.370. The number of hydrogen-bond acceptors (Lipinski definition) is 20. The van der Waals surface area contributed by atoms with E-state index in [4.69, 9.17) is 33.2 Å². The molecule has 0 unspecified atom stereocenters. The average Bonchev–Trinajstić information content (AvgIpc) is 0.662. The molecule has 0 aromatic heterocycles. The second-order valence-electron chi connectivity index (χ2n) is 30.0. The van der Waals surface area contributed by atoms with E-state index in [-0.39, 0.29) is 61.2 Å².